The topological polar surface area (TPSA) is 86.3 Å². The van der Waals surface area contributed by atoms with Gasteiger partial charge in [0.05, 0.1) is 11.7 Å². The lowest BCUT2D eigenvalue weighted by Gasteiger charge is -2.38. The third kappa shape index (κ3) is 4.72. The van der Waals surface area contributed by atoms with Crippen LogP contribution in [0.15, 0.2) is 36.8 Å². The first-order valence-corrected chi connectivity index (χ1v) is 12.1. The average Bonchev–Trinajstić information content (AvgIpc) is 3.05. The zero-order chi connectivity index (χ0) is 24.6. The number of hydrogen-bond acceptors (Lipinski definition) is 6. The number of aromatic nitrogens is 3. The van der Waals surface area contributed by atoms with Gasteiger partial charge in [0.1, 0.15) is 11.6 Å². The SMILES string of the molecule is Cc1cc2c3c(n(C)c2cn1)C(CC(C)(OC(=O)C(N)CC(C)C)c1cccnc1)CN(C)C3. The number of rotatable bonds is 7. The van der Waals surface area contributed by atoms with Crippen molar-refractivity contribution in [3.63, 3.8) is 0 Å². The molecule has 0 bridgehead atoms. The standard InChI is InChI=1S/C27H37N5O2/c1-17(2)10-23(28)26(33)34-27(4,20-8-7-9-29-13-20)12-19-15-31(5)16-22-21-11-18(3)30-14-24(21)32(6)25(19)22/h7-9,11,13-14,17,19,23H,10,12,15-16,28H2,1-6H3. The van der Waals surface area contributed by atoms with E-state index in [1.54, 1.807) is 12.4 Å². The number of hydrogen-bond donors (Lipinski definition) is 1. The summed E-state index contributed by atoms with van der Waals surface area (Å²) in [6, 6.07) is 5.40. The highest BCUT2D eigenvalue weighted by Gasteiger charge is 2.40. The molecule has 0 spiro atoms. The van der Waals surface area contributed by atoms with Gasteiger partial charge >= 0.3 is 5.97 Å². The van der Waals surface area contributed by atoms with Crippen LogP contribution in [0.1, 0.15) is 62.0 Å². The van der Waals surface area contributed by atoms with Gasteiger partial charge in [0.15, 0.2) is 0 Å². The van der Waals surface area contributed by atoms with E-state index in [1.165, 1.54) is 16.6 Å². The van der Waals surface area contributed by atoms with Crippen molar-refractivity contribution in [3.8, 4) is 0 Å². The Balaban J connectivity index is 1.74. The lowest BCUT2D eigenvalue weighted by molar-refractivity contribution is -0.163. The maximum Gasteiger partial charge on any atom is 0.323 e. The molecule has 3 aromatic heterocycles. The first-order valence-electron chi connectivity index (χ1n) is 12.1. The first-order chi connectivity index (χ1) is 16.1. The molecular formula is C27H37N5O2. The van der Waals surface area contributed by atoms with Crippen LogP contribution in [0.5, 0.6) is 0 Å². The van der Waals surface area contributed by atoms with Crippen LogP contribution >= 0.6 is 0 Å². The van der Waals surface area contributed by atoms with Crippen LogP contribution in [0.3, 0.4) is 0 Å². The second-order valence-corrected chi connectivity index (χ2v) is 10.5. The van der Waals surface area contributed by atoms with Crippen LogP contribution in [0.25, 0.3) is 10.9 Å². The van der Waals surface area contributed by atoms with Crippen molar-refractivity contribution in [2.24, 2.45) is 18.7 Å². The van der Waals surface area contributed by atoms with Crippen LogP contribution in [0.4, 0.5) is 0 Å². The van der Waals surface area contributed by atoms with E-state index in [9.17, 15) is 4.79 Å². The normalized spacial score (nSPS) is 19.1. The summed E-state index contributed by atoms with van der Waals surface area (Å²) in [6.07, 6.45) is 6.72. The Hall–Kier alpha value is -2.77. The highest BCUT2D eigenvalue weighted by Crippen LogP contribution is 2.42. The summed E-state index contributed by atoms with van der Waals surface area (Å²) in [7, 11) is 4.26. The van der Waals surface area contributed by atoms with Crippen LogP contribution in [0.2, 0.25) is 0 Å². The van der Waals surface area contributed by atoms with Gasteiger partial charge in [0.2, 0.25) is 0 Å². The molecular weight excluding hydrogens is 426 g/mol. The second kappa shape index (κ2) is 9.47. The van der Waals surface area contributed by atoms with Gasteiger partial charge in [0.25, 0.3) is 0 Å². The molecule has 0 aliphatic carbocycles. The zero-order valence-corrected chi connectivity index (χ0v) is 21.2. The molecule has 0 aromatic carbocycles. The molecule has 182 valence electrons. The van der Waals surface area contributed by atoms with Crippen LogP contribution in [-0.4, -0.2) is 45.0 Å². The number of carbonyl (C=O) groups excluding carboxylic acids is 1. The highest BCUT2D eigenvalue weighted by molar-refractivity contribution is 5.85. The van der Waals surface area contributed by atoms with Crippen molar-refractivity contribution < 1.29 is 9.53 Å². The number of likely N-dealkylation sites (N-methyl/N-ethyl adjacent to an activating group) is 1. The van der Waals surface area contributed by atoms with E-state index in [0.717, 1.165) is 29.9 Å². The second-order valence-electron chi connectivity index (χ2n) is 10.5. The van der Waals surface area contributed by atoms with Gasteiger partial charge in [-0.1, -0.05) is 19.9 Å². The zero-order valence-electron chi connectivity index (χ0n) is 21.2. The summed E-state index contributed by atoms with van der Waals surface area (Å²) in [6.45, 7) is 9.89. The largest absolute Gasteiger partial charge is 0.453 e. The molecule has 1 aliphatic rings. The van der Waals surface area contributed by atoms with Crippen LogP contribution in [0, 0.1) is 12.8 Å². The number of nitrogens with zero attached hydrogens (tertiary/aromatic N) is 4. The Bertz CT molecular complexity index is 1170. The molecule has 4 rings (SSSR count). The van der Waals surface area contributed by atoms with E-state index in [-0.39, 0.29) is 11.9 Å². The molecule has 3 aromatic rings. The number of ether oxygens (including phenoxy) is 1. The molecule has 4 heterocycles. The molecule has 7 heteroatoms. The third-order valence-electron chi connectivity index (χ3n) is 6.99. The smallest absolute Gasteiger partial charge is 0.323 e. The molecule has 3 unspecified atom stereocenters. The molecule has 0 fully saturated rings. The van der Waals surface area contributed by atoms with Gasteiger partial charge in [-0.2, -0.15) is 0 Å². The Labute approximate surface area is 202 Å². The van der Waals surface area contributed by atoms with E-state index in [1.807, 2.05) is 32.2 Å². The molecule has 1 aliphatic heterocycles. The molecule has 3 atom stereocenters. The van der Waals surface area contributed by atoms with Crippen molar-refractivity contribution in [2.75, 3.05) is 13.6 Å². The summed E-state index contributed by atoms with van der Waals surface area (Å²) in [5.74, 6) is 0.113. The number of carbonyl (C=O) groups is 1. The van der Waals surface area contributed by atoms with Crippen molar-refractivity contribution in [3.05, 3.63) is 59.3 Å². The minimum atomic E-state index is -0.856. The predicted octanol–water partition coefficient (Wildman–Crippen LogP) is 4.03. The van der Waals surface area contributed by atoms with Crippen molar-refractivity contribution in [1.29, 1.82) is 0 Å². The summed E-state index contributed by atoms with van der Waals surface area (Å²) in [5.41, 5.74) is 11.0. The third-order valence-corrected chi connectivity index (χ3v) is 6.99. The van der Waals surface area contributed by atoms with E-state index < -0.39 is 11.6 Å². The van der Waals surface area contributed by atoms with Crippen molar-refractivity contribution >= 4 is 16.9 Å². The fourth-order valence-electron chi connectivity index (χ4n) is 5.44. The van der Waals surface area contributed by atoms with Gasteiger partial charge in [-0.05, 0) is 50.9 Å². The number of esters is 1. The minimum Gasteiger partial charge on any atom is -0.453 e. The quantitative estimate of drug-likeness (QED) is 0.533. The molecule has 0 amide bonds. The molecule has 7 nitrogen and oxygen atoms in total. The van der Waals surface area contributed by atoms with Gasteiger partial charge in [0, 0.05) is 67.2 Å². The summed E-state index contributed by atoms with van der Waals surface area (Å²) in [4.78, 5) is 24.3. The number of nitrogens with two attached hydrogens (primary N) is 1. The van der Waals surface area contributed by atoms with E-state index in [2.05, 4.69) is 53.4 Å². The van der Waals surface area contributed by atoms with Crippen molar-refractivity contribution in [1.82, 2.24) is 19.4 Å². The Morgan fingerprint density at radius 2 is 2.09 bits per heavy atom. The summed E-state index contributed by atoms with van der Waals surface area (Å²) in [5, 5.41) is 1.25. The maximum atomic E-state index is 13.1. The van der Waals surface area contributed by atoms with E-state index in [4.69, 9.17) is 10.5 Å². The lowest BCUT2D eigenvalue weighted by atomic mass is 9.82. The Morgan fingerprint density at radius 3 is 2.76 bits per heavy atom. The Kier molecular flexibility index (Phi) is 6.78. The maximum absolute atomic E-state index is 13.1. The van der Waals surface area contributed by atoms with Gasteiger partial charge in [-0.15, -0.1) is 0 Å². The summed E-state index contributed by atoms with van der Waals surface area (Å²) < 4.78 is 8.50. The fourth-order valence-corrected chi connectivity index (χ4v) is 5.44. The minimum absolute atomic E-state index is 0.158. The molecule has 2 N–H and O–H groups in total. The number of pyridine rings is 2. The predicted molar refractivity (Wildman–Crippen MR) is 134 cm³/mol. The fraction of sp³-hybridized carbons (Fsp3) is 0.519. The van der Waals surface area contributed by atoms with E-state index in [0.29, 0.717) is 18.8 Å². The monoisotopic (exact) mass is 463 g/mol. The summed E-state index contributed by atoms with van der Waals surface area (Å²) >= 11 is 0. The molecule has 0 saturated carbocycles. The number of fused-ring (bicyclic) bond motifs is 3. The molecule has 34 heavy (non-hydrogen) atoms. The van der Waals surface area contributed by atoms with Gasteiger partial charge < -0.3 is 19.9 Å². The lowest BCUT2D eigenvalue weighted by Crippen LogP contribution is -2.42. The van der Waals surface area contributed by atoms with Gasteiger partial charge in [-0.3, -0.25) is 14.8 Å². The first kappa shape index (κ1) is 24.4. The van der Waals surface area contributed by atoms with Gasteiger partial charge in [-0.25, -0.2) is 0 Å². The average molecular weight is 464 g/mol. The highest BCUT2D eigenvalue weighted by atomic mass is 16.6. The molecule has 0 radical (unpaired) electrons. The Morgan fingerprint density at radius 1 is 1.32 bits per heavy atom. The van der Waals surface area contributed by atoms with Crippen LogP contribution in [-0.2, 0) is 28.7 Å². The molecule has 0 saturated heterocycles. The van der Waals surface area contributed by atoms with E-state index >= 15 is 0 Å². The van der Waals surface area contributed by atoms with Crippen molar-refractivity contribution in [2.45, 2.75) is 64.6 Å². The van der Waals surface area contributed by atoms with Crippen LogP contribution < -0.4 is 5.73 Å². The number of aryl methyl sites for hydroxylation is 2.